The topological polar surface area (TPSA) is 194 Å². The Hall–Kier alpha value is -3.30. The minimum atomic E-state index is -1.01. The molecule has 0 saturated carbocycles. The molecule has 0 aromatic rings. The summed E-state index contributed by atoms with van der Waals surface area (Å²) >= 11 is 0. The molecule has 0 rings (SSSR count). The third-order valence-corrected chi connectivity index (χ3v) is 4.44. The van der Waals surface area contributed by atoms with Gasteiger partial charge in [0.15, 0.2) is 0 Å². The molecule has 224 valence electrons. The molecular formula is C24H41N3O12. The highest BCUT2D eigenvalue weighted by Crippen LogP contribution is 2.01. The highest BCUT2D eigenvalue weighted by atomic mass is 16.6. The molecule has 0 aromatic heterocycles. The van der Waals surface area contributed by atoms with Gasteiger partial charge in [-0.3, -0.25) is 14.4 Å². The first-order valence-corrected chi connectivity index (χ1v) is 12.6. The van der Waals surface area contributed by atoms with E-state index < -0.39 is 59.9 Å². The van der Waals surface area contributed by atoms with Gasteiger partial charge in [-0.2, -0.15) is 0 Å². The number of carbonyl (C=O) groups excluding carboxylic acids is 6. The van der Waals surface area contributed by atoms with Crippen LogP contribution in [0.25, 0.3) is 0 Å². The molecule has 0 bridgehead atoms. The van der Waals surface area contributed by atoms with Crippen LogP contribution in [0.5, 0.6) is 0 Å². The Labute approximate surface area is 227 Å². The van der Waals surface area contributed by atoms with E-state index in [2.05, 4.69) is 30.2 Å². The first-order chi connectivity index (χ1) is 18.4. The zero-order chi connectivity index (χ0) is 29.8. The summed E-state index contributed by atoms with van der Waals surface area (Å²) in [6, 6.07) is -1.61. The molecule has 39 heavy (non-hydrogen) atoms. The molecule has 0 heterocycles. The quantitative estimate of drug-likeness (QED) is 0.107. The summed E-state index contributed by atoms with van der Waals surface area (Å²) in [6.45, 7) is 9.88. The van der Waals surface area contributed by atoms with E-state index >= 15 is 0 Å². The predicted octanol–water partition coefficient (Wildman–Crippen LogP) is -1.39. The fourth-order valence-corrected chi connectivity index (χ4v) is 2.74. The van der Waals surface area contributed by atoms with Crippen molar-refractivity contribution in [2.75, 3.05) is 52.9 Å². The molecule has 3 atom stereocenters. The molecule has 0 saturated heterocycles. The molecule has 0 radical (unpaired) electrons. The lowest BCUT2D eigenvalue weighted by Gasteiger charge is -2.23. The number of esters is 3. The van der Waals surface area contributed by atoms with Crippen LogP contribution in [0.3, 0.4) is 0 Å². The van der Waals surface area contributed by atoms with Gasteiger partial charge in [-0.15, -0.1) is 0 Å². The van der Waals surface area contributed by atoms with Crippen LogP contribution in [0, 0.1) is 0 Å². The maximum Gasteiger partial charge on any atom is 0.396 e. The van der Waals surface area contributed by atoms with Gasteiger partial charge >= 0.3 is 35.6 Å². The summed E-state index contributed by atoms with van der Waals surface area (Å²) in [5.74, 6) is -5.70. The van der Waals surface area contributed by atoms with E-state index in [0.717, 1.165) is 0 Å². The third-order valence-electron chi connectivity index (χ3n) is 4.44. The minimum Gasteiger partial charge on any atom is -0.459 e. The molecule has 3 amide bonds. The van der Waals surface area contributed by atoms with Crippen LogP contribution >= 0.6 is 0 Å². The number of nitrogens with one attached hydrogen (secondary N) is 3. The number of hydrogen-bond donors (Lipinski definition) is 3. The molecule has 3 N–H and O–H groups in total. The van der Waals surface area contributed by atoms with E-state index in [1.165, 1.54) is 0 Å². The molecule has 15 heteroatoms. The van der Waals surface area contributed by atoms with Crippen LogP contribution in [0.4, 0.5) is 0 Å². The highest BCUT2D eigenvalue weighted by Gasteiger charge is 2.21. The van der Waals surface area contributed by atoms with Gasteiger partial charge in [-0.25, -0.2) is 14.4 Å². The average molecular weight is 564 g/mol. The van der Waals surface area contributed by atoms with Gasteiger partial charge in [0.2, 0.25) is 0 Å². The highest BCUT2D eigenvalue weighted by molar-refractivity contribution is 6.33. The van der Waals surface area contributed by atoms with Gasteiger partial charge in [-0.1, -0.05) is 0 Å². The maximum atomic E-state index is 11.8. The Morgan fingerprint density at radius 3 is 1.13 bits per heavy atom. The van der Waals surface area contributed by atoms with Crippen molar-refractivity contribution < 1.29 is 57.2 Å². The normalized spacial score (nSPS) is 13.7. The van der Waals surface area contributed by atoms with Crippen molar-refractivity contribution >= 4 is 35.6 Å². The standard InChI is InChI=1S/C24H41N3O12/c1-7-36-22(31)19(28)25-15(4)10-34-13-18(39-12-17(6)27-21(30)24(33)38-9-3)14-35-11-16(5)26-20(29)23(32)37-8-2/h15-18H,7-14H2,1-6H3,(H,25,28)(H,26,29)(H,27,30). The largest absolute Gasteiger partial charge is 0.459 e. The van der Waals surface area contributed by atoms with Crippen molar-refractivity contribution in [1.82, 2.24) is 16.0 Å². The van der Waals surface area contributed by atoms with Crippen molar-refractivity contribution in [3.63, 3.8) is 0 Å². The number of carbonyl (C=O) groups is 6. The van der Waals surface area contributed by atoms with E-state index in [9.17, 15) is 28.8 Å². The Morgan fingerprint density at radius 1 is 0.513 bits per heavy atom. The summed E-state index contributed by atoms with van der Waals surface area (Å²) in [5.41, 5.74) is 0. The predicted molar refractivity (Wildman–Crippen MR) is 134 cm³/mol. The van der Waals surface area contributed by atoms with Gasteiger partial charge < -0.3 is 44.4 Å². The van der Waals surface area contributed by atoms with Gasteiger partial charge in [0.05, 0.1) is 52.9 Å². The number of amides is 3. The SMILES string of the molecule is CCOC(=O)C(=O)NC(C)COCC(COCC(C)NC(=O)C(=O)OCC)OCC(C)NC(=O)C(=O)OCC. The van der Waals surface area contributed by atoms with Crippen molar-refractivity contribution in [3.05, 3.63) is 0 Å². The first kappa shape index (κ1) is 35.7. The molecule has 0 aliphatic carbocycles. The second-order valence-electron chi connectivity index (χ2n) is 8.32. The Balaban J connectivity index is 4.84. The van der Waals surface area contributed by atoms with E-state index in [-0.39, 0.29) is 52.9 Å². The Kier molecular flexibility index (Phi) is 18.9. The second kappa shape index (κ2) is 20.6. The Bertz CT molecular complexity index is 763. The van der Waals surface area contributed by atoms with E-state index in [1.54, 1.807) is 41.5 Å². The summed E-state index contributed by atoms with van der Waals surface area (Å²) in [7, 11) is 0. The van der Waals surface area contributed by atoms with Crippen LogP contribution in [0.2, 0.25) is 0 Å². The molecular weight excluding hydrogens is 522 g/mol. The van der Waals surface area contributed by atoms with E-state index in [1.807, 2.05) is 0 Å². The fourth-order valence-electron chi connectivity index (χ4n) is 2.74. The third kappa shape index (κ3) is 17.0. The van der Waals surface area contributed by atoms with Gasteiger partial charge in [0.1, 0.15) is 6.10 Å². The number of ether oxygens (including phenoxy) is 6. The van der Waals surface area contributed by atoms with Crippen molar-refractivity contribution in [2.24, 2.45) is 0 Å². The lowest BCUT2D eigenvalue weighted by molar-refractivity contribution is -0.155. The zero-order valence-electron chi connectivity index (χ0n) is 23.4. The van der Waals surface area contributed by atoms with Crippen molar-refractivity contribution in [1.29, 1.82) is 0 Å². The zero-order valence-corrected chi connectivity index (χ0v) is 23.4. The fraction of sp³-hybridized carbons (Fsp3) is 0.750. The van der Waals surface area contributed by atoms with Crippen LogP contribution in [-0.4, -0.2) is 113 Å². The van der Waals surface area contributed by atoms with Crippen molar-refractivity contribution in [2.45, 2.75) is 65.8 Å². The molecule has 0 aliphatic heterocycles. The minimum absolute atomic E-state index is 0.00171. The lowest BCUT2D eigenvalue weighted by atomic mass is 10.3. The van der Waals surface area contributed by atoms with Crippen LogP contribution < -0.4 is 16.0 Å². The van der Waals surface area contributed by atoms with Crippen LogP contribution in [0.15, 0.2) is 0 Å². The monoisotopic (exact) mass is 563 g/mol. The van der Waals surface area contributed by atoms with Gasteiger partial charge in [0, 0.05) is 18.1 Å². The first-order valence-electron chi connectivity index (χ1n) is 12.6. The molecule has 0 aromatic carbocycles. The summed E-state index contributed by atoms with van der Waals surface area (Å²) in [5, 5.41) is 7.34. The summed E-state index contributed by atoms with van der Waals surface area (Å²) in [6.07, 6.45) is -0.659. The smallest absolute Gasteiger partial charge is 0.396 e. The average Bonchev–Trinajstić information content (AvgIpc) is 2.87. The molecule has 0 fully saturated rings. The number of hydrogen-bond acceptors (Lipinski definition) is 12. The number of rotatable bonds is 17. The summed E-state index contributed by atoms with van der Waals surface area (Å²) < 4.78 is 30.9. The van der Waals surface area contributed by atoms with Gasteiger partial charge in [-0.05, 0) is 41.5 Å². The molecule has 0 spiro atoms. The molecule has 0 aliphatic rings. The second-order valence-corrected chi connectivity index (χ2v) is 8.32. The van der Waals surface area contributed by atoms with Crippen molar-refractivity contribution in [3.8, 4) is 0 Å². The lowest BCUT2D eigenvalue weighted by Crippen LogP contribution is -2.43. The molecule has 3 unspecified atom stereocenters. The summed E-state index contributed by atoms with van der Waals surface area (Å²) in [4.78, 5) is 69.7. The van der Waals surface area contributed by atoms with Gasteiger partial charge in [0.25, 0.3) is 0 Å². The van der Waals surface area contributed by atoms with E-state index in [4.69, 9.17) is 14.2 Å². The van der Waals surface area contributed by atoms with Crippen LogP contribution in [-0.2, 0) is 57.2 Å². The van der Waals surface area contributed by atoms with E-state index in [0.29, 0.717) is 0 Å². The Morgan fingerprint density at radius 2 is 0.821 bits per heavy atom. The van der Waals surface area contributed by atoms with Crippen LogP contribution in [0.1, 0.15) is 41.5 Å². The molecule has 15 nitrogen and oxygen atoms in total. The maximum absolute atomic E-state index is 11.8.